The lowest BCUT2D eigenvalue weighted by atomic mass is 9.96. The summed E-state index contributed by atoms with van der Waals surface area (Å²) in [6.07, 6.45) is 3.71. The Morgan fingerprint density at radius 2 is 2.24 bits per heavy atom. The summed E-state index contributed by atoms with van der Waals surface area (Å²) < 4.78 is 5.82. The minimum Gasteiger partial charge on any atom is -0.480 e. The number of fused-ring (bicyclic) bond motifs is 1. The van der Waals surface area contributed by atoms with E-state index in [4.69, 9.17) is 4.74 Å². The predicted octanol–water partition coefficient (Wildman–Crippen LogP) is 2.14. The van der Waals surface area contributed by atoms with Crippen LogP contribution >= 0.6 is 0 Å². The molecule has 1 N–H and O–H groups in total. The average molecular weight is 289 g/mol. The van der Waals surface area contributed by atoms with Gasteiger partial charge in [-0.1, -0.05) is 18.2 Å². The fourth-order valence-electron chi connectivity index (χ4n) is 3.43. The SMILES string of the molecule is CC(O)CC1CCCCN1C(=O)C1Cc2ccccc2O1. The molecule has 2 heterocycles. The number of carbonyl (C=O) groups excluding carboxylic acids is 1. The maximum atomic E-state index is 12.8. The largest absolute Gasteiger partial charge is 0.480 e. The van der Waals surface area contributed by atoms with Crippen molar-refractivity contribution < 1.29 is 14.6 Å². The van der Waals surface area contributed by atoms with E-state index < -0.39 is 6.10 Å². The summed E-state index contributed by atoms with van der Waals surface area (Å²) in [5.41, 5.74) is 1.11. The monoisotopic (exact) mass is 289 g/mol. The molecule has 1 aromatic carbocycles. The van der Waals surface area contributed by atoms with Gasteiger partial charge in [0.25, 0.3) is 5.91 Å². The number of amides is 1. The van der Waals surface area contributed by atoms with Gasteiger partial charge in [0.05, 0.1) is 6.10 Å². The van der Waals surface area contributed by atoms with Gasteiger partial charge in [-0.25, -0.2) is 0 Å². The second-order valence-electron chi connectivity index (χ2n) is 6.18. The summed E-state index contributed by atoms with van der Waals surface area (Å²) in [7, 11) is 0. The normalized spacial score (nSPS) is 26.1. The van der Waals surface area contributed by atoms with Gasteiger partial charge < -0.3 is 14.7 Å². The highest BCUT2D eigenvalue weighted by Crippen LogP contribution is 2.30. The zero-order valence-corrected chi connectivity index (χ0v) is 12.5. The minimum atomic E-state index is -0.392. The zero-order chi connectivity index (χ0) is 14.8. The van der Waals surface area contributed by atoms with E-state index in [1.807, 2.05) is 29.2 Å². The molecule has 114 valence electrons. The van der Waals surface area contributed by atoms with Crippen LogP contribution in [0.3, 0.4) is 0 Å². The number of rotatable bonds is 3. The van der Waals surface area contributed by atoms with Crippen molar-refractivity contribution in [3.63, 3.8) is 0 Å². The number of hydrogen-bond acceptors (Lipinski definition) is 3. The van der Waals surface area contributed by atoms with Crippen molar-refractivity contribution in [2.45, 2.75) is 57.3 Å². The summed E-state index contributed by atoms with van der Waals surface area (Å²) >= 11 is 0. The van der Waals surface area contributed by atoms with Crippen molar-refractivity contribution in [1.29, 1.82) is 0 Å². The second-order valence-corrected chi connectivity index (χ2v) is 6.18. The molecule has 1 saturated heterocycles. The molecule has 0 spiro atoms. The predicted molar refractivity (Wildman–Crippen MR) is 80.2 cm³/mol. The Bertz CT molecular complexity index is 490. The van der Waals surface area contributed by atoms with Crippen molar-refractivity contribution >= 4 is 5.91 Å². The third-order valence-corrected chi connectivity index (χ3v) is 4.45. The molecule has 0 saturated carbocycles. The van der Waals surface area contributed by atoms with Crippen LogP contribution in [0.1, 0.15) is 38.2 Å². The molecule has 1 amide bonds. The molecule has 3 rings (SSSR count). The Kier molecular flexibility index (Phi) is 4.15. The molecule has 4 heteroatoms. The summed E-state index contributed by atoms with van der Waals surface area (Å²) in [6, 6.07) is 8.01. The van der Waals surface area contributed by atoms with Crippen LogP contribution in [0.5, 0.6) is 5.75 Å². The molecule has 21 heavy (non-hydrogen) atoms. The second kappa shape index (κ2) is 6.06. The summed E-state index contributed by atoms with van der Waals surface area (Å²) in [5, 5.41) is 9.64. The van der Waals surface area contributed by atoms with Crippen molar-refractivity contribution in [2.75, 3.05) is 6.54 Å². The molecule has 0 aliphatic carbocycles. The van der Waals surface area contributed by atoms with Gasteiger partial charge in [0.1, 0.15) is 5.75 Å². The summed E-state index contributed by atoms with van der Waals surface area (Å²) in [4.78, 5) is 14.7. The lowest BCUT2D eigenvalue weighted by molar-refractivity contribution is -0.142. The van der Waals surface area contributed by atoms with E-state index in [-0.39, 0.29) is 18.1 Å². The standard InChI is InChI=1S/C17H23NO3/c1-12(19)10-14-7-4-5-9-18(14)17(20)16-11-13-6-2-3-8-15(13)21-16/h2-3,6,8,12,14,16,19H,4-5,7,9-11H2,1H3. The third-order valence-electron chi connectivity index (χ3n) is 4.45. The van der Waals surface area contributed by atoms with Crippen LogP contribution < -0.4 is 4.74 Å². The van der Waals surface area contributed by atoms with Crippen molar-refractivity contribution in [3.05, 3.63) is 29.8 Å². The highest BCUT2D eigenvalue weighted by atomic mass is 16.5. The Balaban J connectivity index is 1.70. The topological polar surface area (TPSA) is 49.8 Å². The Labute approximate surface area is 125 Å². The minimum absolute atomic E-state index is 0.0801. The smallest absolute Gasteiger partial charge is 0.264 e. The van der Waals surface area contributed by atoms with Crippen LogP contribution in [0, 0.1) is 0 Å². The quantitative estimate of drug-likeness (QED) is 0.927. The zero-order valence-electron chi connectivity index (χ0n) is 12.5. The number of aliphatic hydroxyl groups is 1. The molecule has 3 unspecified atom stereocenters. The number of hydrogen-bond donors (Lipinski definition) is 1. The first-order valence-corrected chi connectivity index (χ1v) is 7.88. The van der Waals surface area contributed by atoms with Gasteiger partial charge in [-0.3, -0.25) is 4.79 Å². The number of benzene rings is 1. The molecule has 0 radical (unpaired) electrons. The van der Waals surface area contributed by atoms with E-state index in [9.17, 15) is 9.90 Å². The molecule has 2 aliphatic rings. The number of para-hydroxylation sites is 1. The molecule has 0 aromatic heterocycles. The first-order chi connectivity index (χ1) is 10.1. The average Bonchev–Trinajstić information content (AvgIpc) is 2.90. The number of ether oxygens (including phenoxy) is 1. The van der Waals surface area contributed by atoms with E-state index in [2.05, 4.69) is 0 Å². The van der Waals surface area contributed by atoms with Crippen molar-refractivity contribution in [3.8, 4) is 5.75 Å². The van der Waals surface area contributed by atoms with E-state index in [0.29, 0.717) is 12.8 Å². The van der Waals surface area contributed by atoms with Crippen LogP contribution in [0.25, 0.3) is 0 Å². The first-order valence-electron chi connectivity index (χ1n) is 7.88. The van der Waals surface area contributed by atoms with Crippen LogP contribution in [0.4, 0.5) is 0 Å². The molecule has 2 aliphatic heterocycles. The fraction of sp³-hybridized carbons (Fsp3) is 0.588. The summed E-state index contributed by atoms with van der Waals surface area (Å²) in [5.74, 6) is 0.913. The van der Waals surface area contributed by atoms with Crippen LogP contribution in [0.2, 0.25) is 0 Å². The molecule has 0 bridgehead atoms. The number of piperidine rings is 1. The number of carbonyl (C=O) groups is 1. The Hall–Kier alpha value is -1.55. The molecule has 1 fully saturated rings. The molecule has 1 aromatic rings. The number of likely N-dealkylation sites (tertiary alicyclic amines) is 1. The molecular formula is C17H23NO3. The fourth-order valence-corrected chi connectivity index (χ4v) is 3.43. The highest BCUT2D eigenvalue weighted by Gasteiger charge is 2.36. The first kappa shape index (κ1) is 14.4. The molecule has 4 nitrogen and oxygen atoms in total. The van der Waals surface area contributed by atoms with E-state index in [0.717, 1.165) is 37.1 Å². The molecular weight excluding hydrogens is 266 g/mol. The summed E-state index contributed by atoms with van der Waals surface area (Å²) in [6.45, 7) is 2.58. The van der Waals surface area contributed by atoms with Gasteiger partial charge in [0.15, 0.2) is 6.10 Å². The van der Waals surface area contributed by atoms with Crippen LogP contribution in [-0.2, 0) is 11.2 Å². The van der Waals surface area contributed by atoms with Gasteiger partial charge in [0.2, 0.25) is 0 Å². The van der Waals surface area contributed by atoms with Gasteiger partial charge in [0, 0.05) is 19.0 Å². The van der Waals surface area contributed by atoms with E-state index in [1.54, 1.807) is 6.92 Å². The third kappa shape index (κ3) is 3.05. The maximum Gasteiger partial charge on any atom is 0.264 e. The van der Waals surface area contributed by atoms with Crippen LogP contribution in [-0.4, -0.2) is 40.7 Å². The van der Waals surface area contributed by atoms with Gasteiger partial charge in [-0.05, 0) is 44.2 Å². The Morgan fingerprint density at radius 3 is 3.00 bits per heavy atom. The number of aliphatic hydroxyl groups excluding tert-OH is 1. The van der Waals surface area contributed by atoms with Gasteiger partial charge in [-0.15, -0.1) is 0 Å². The van der Waals surface area contributed by atoms with Crippen molar-refractivity contribution in [2.24, 2.45) is 0 Å². The van der Waals surface area contributed by atoms with Crippen molar-refractivity contribution in [1.82, 2.24) is 4.90 Å². The lowest BCUT2D eigenvalue weighted by Crippen LogP contribution is -2.50. The maximum absolute atomic E-state index is 12.8. The van der Waals surface area contributed by atoms with Gasteiger partial charge in [-0.2, -0.15) is 0 Å². The van der Waals surface area contributed by atoms with Crippen LogP contribution in [0.15, 0.2) is 24.3 Å². The Morgan fingerprint density at radius 1 is 1.43 bits per heavy atom. The molecule has 3 atom stereocenters. The lowest BCUT2D eigenvalue weighted by Gasteiger charge is -2.37. The van der Waals surface area contributed by atoms with Gasteiger partial charge >= 0.3 is 0 Å². The van der Waals surface area contributed by atoms with E-state index >= 15 is 0 Å². The van der Waals surface area contributed by atoms with E-state index in [1.165, 1.54) is 0 Å². The number of nitrogens with zero attached hydrogens (tertiary/aromatic N) is 1. The highest BCUT2D eigenvalue weighted by molar-refractivity contribution is 5.83.